The lowest BCUT2D eigenvalue weighted by molar-refractivity contribution is -0.984. The molecule has 4 aromatic rings. The minimum atomic E-state index is -0.562. The van der Waals surface area contributed by atoms with E-state index in [1.54, 1.807) is 7.11 Å². The molecule has 38 heavy (non-hydrogen) atoms. The lowest BCUT2D eigenvalue weighted by Crippen LogP contribution is -2.67. The van der Waals surface area contributed by atoms with Crippen LogP contribution in [-0.2, 0) is 13.1 Å². The number of aromatic nitrogens is 1. The van der Waals surface area contributed by atoms with Gasteiger partial charge in [0.2, 0.25) is 5.52 Å². The van der Waals surface area contributed by atoms with E-state index in [1.807, 2.05) is 6.07 Å². The van der Waals surface area contributed by atoms with Crippen LogP contribution in [0.25, 0.3) is 10.9 Å². The molecule has 1 N–H and O–H groups in total. The topological polar surface area (TPSA) is 33.3 Å². The van der Waals surface area contributed by atoms with E-state index in [0.717, 1.165) is 59.3 Å². The number of aliphatic hydroxyl groups is 1. The standard InChI is InChI=1S/C34H38N2O2/c1-3-27-24-36(23-26-12-8-5-9-13-26)19-17-28(27)20-33(36)34(37)30-16-18-35(22-25-10-6-4-7-11-25)32-15-14-29(38-2)21-31(30)32/h3-16,18,21,27-28,33-34,37H,1,17,19-20,22-24H2,2H3/q+2/t27-,28?,33+,34-,36?/m0/s1. The summed E-state index contributed by atoms with van der Waals surface area (Å²) in [6, 6.07) is 29.9. The van der Waals surface area contributed by atoms with E-state index in [-0.39, 0.29) is 6.04 Å². The fraction of sp³-hybridized carbons (Fsp3) is 0.324. The van der Waals surface area contributed by atoms with E-state index in [9.17, 15) is 5.11 Å². The zero-order chi connectivity index (χ0) is 26.1. The van der Waals surface area contributed by atoms with Crippen molar-refractivity contribution in [3.05, 3.63) is 120 Å². The van der Waals surface area contributed by atoms with Crippen LogP contribution in [0.1, 0.15) is 35.6 Å². The summed E-state index contributed by atoms with van der Waals surface area (Å²) in [6.45, 7) is 8.06. The number of ether oxygens (including phenoxy) is 1. The number of nitrogens with zero attached hydrogens (tertiary/aromatic N) is 2. The number of methoxy groups -OCH3 is 1. The van der Waals surface area contributed by atoms with Gasteiger partial charge in [-0.3, -0.25) is 0 Å². The summed E-state index contributed by atoms with van der Waals surface area (Å²) < 4.78 is 8.82. The Labute approximate surface area is 226 Å². The average Bonchev–Trinajstić information content (AvgIpc) is 2.97. The third kappa shape index (κ3) is 4.53. The van der Waals surface area contributed by atoms with Crippen molar-refractivity contribution >= 4 is 10.9 Å². The number of aliphatic hydroxyl groups excluding tert-OH is 1. The Morgan fingerprint density at radius 2 is 1.76 bits per heavy atom. The molecule has 4 nitrogen and oxygen atoms in total. The lowest BCUT2D eigenvalue weighted by atomic mass is 9.71. The first-order valence-electron chi connectivity index (χ1n) is 13.8. The highest BCUT2D eigenvalue weighted by atomic mass is 16.5. The zero-order valence-electron chi connectivity index (χ0n) is 22.2. The summed E-state index contributed by atoms with van der Waals surface area (Å²) in [5.74, 6) is 1.92. The second kappa shape index (κ2) is 10.4. The van der Waals surface area contributed by atoms with E-state index in [0.29, 0.717) is 11.8 Å². The smallest absolute Gasteiger partial charge is 0.213 e. The molecule has 0 saturated carbocycles. The Balaban J connectivity index is 1.41. The molecular weight excluding hydrogens is 468 g/mol. The molecular formula is C34H38N2O2+2. The third-order valence-corrected chi connectivity index (χ3v) is 9.15. The number of rotatable bonds is 8. The van der Waals surface area contributed by atoms with Crippen molar-refractivity contribution in [2.75, 3.05) is 20.2 Å². The predicted molar refractivity (Wildman–Crippen MR) is 152 cm³/mol. The largest absolute Gasteiger partial charge is 0.497 e. The van der Waals surface area contributed by atoms with Crippen LogP contribution >= 0.6 is 0 Å². The molecule has 3 fully saturated rings. The number of hydrogen-bond acceptors (Lipinski definition) is 2. The molecule has 3 saturated heterocycles. The number of benzene rings is 3. The van der Waals surface area contributed by atoms with Gasteiger partial charge in [0.15, 0.2) is 12.7 Å². The molecule has 2 bridgehead atoms. The summed E-state index contributed by atoms with van der Waals surface area (Å²) in [7, 11) is 1.71. The van der Waals surface area contributed by atoms with Gasteiger partial charge in [0, 0.05) is 47.6 Å². The van der Waals surface area contributed by atoms with Crippen molar-refractivity contribution in [3.8, 4) is 5.75 Å². The molecule has 0 radical (unpaired) electrons. The van der Waals surface area contributed by atoms with Gasteiger partial charge >= 0.3 is 0 Å². The average molecular weight is 507 g/mol. The van der Waals surface area contributed by atoms with Gasteiger partial charge < -0.3 is 14.3 Å². The molecule has 0 amide bonds. The molecule has 1 aromatic heterocycles. The van der Waals surface area contributed by atoms with Crippen molar-refractivity contribution in [3.63, 3.8) is 0 Å². The van der Waals surface area contributed by atoms with E-state index < -0.39 is 6.10 Å². The van der Waals surface area contributed by atoms with Gasteiger partial charge in [-0.25, -0.2) is 0 Å². The van der Waals surface area contributed by atoms with Gasteiger partial charge in [0.25, 0.3) is 0 Å². The first kappa shape index (κ1) is 24.8. The SMILES string of the molecule is C=C[C@H]1C[N+]2(Cc3ccccc3)CCC1C[C@@H]2[C@@H](O)c1cc[n+](Cc2ccccc2)c2ccc(OC)cc12. The summed E-state index contributed by atoms with van der Waals surface area (Å²) >= 11 is 0. The molecule has 194 valence electrons. The predicted octanol–water partition coefficient (Wildman–Crippen LogP) is 5.83. The maximum atomic E-state index is 12.2. The Kier molecular flexibility index (Phi) is 6.77. The summed E-state index contributed by atoms with van der Waals surface area (Å²) in [6.07, 6.45) is 5.97. The van der Waals surface area contributed by atoms with Crippen LogP contribution in [0.2, 0.25) is 0 Å². The van der Waals surface area contributed by atoms with Crippen molar-refractivity contribution in [1.29, 1.82) is 0 Å². The van der Waals surface area contributed by atoms with E-state index in [1.165, 1.54) is 17.5 Å². The number of quaternary nitrogens is 1. The molecule has 5 atom stereocenters. The van der Waals surface area contributed by atoms with E-state index in [2.05, 4.69) is 102 Å². The Hall–Kier alpha value is -3.47. The van der Waals surface area contributed by atoms with Crippen LogP contribution in [0.5, 0.6) is 5.75 Å². The minimum Gasteiger partial charge on any atom is -0.497 e. The summed E-state index contributed by atoms with van der Waals surface area (Å²) in [5, 5.41) is 13.3. The van der Waals surface area contributed by atoms with Crippen LogP contribution in [-0.4, -0.2) is 35.8 Å². The molecule has 4 heterocycles. The normalized spacial score (nSPS) is 25.3. The number of piperidine rings is 3. The second-order valence-corrected chi connectivity index (χ2v) is 11.2. The van der Waals surface area contributed by atoms with Gasteiger partial charge in [-0.15, -0.1) is 6.58 Å². The molecule has 0 spiro atoms. The fourth-order valence-corrected chi connectivity index (χ4v) is 7.18. The van der Waals surface area contributed by atoms with Crippen LogP contribution in [0.3, 0.4) is 0 Å². The van der Waals surface area contributed by atoms with Crippen LogP contribution in [0.15, 0.2) is 104 Å². The van der Waals surface area contributed by atoms with E-state index in [4.69, 9.17) is 4.74 Å². The molecule has 7 rings (SSSR count). The first-order valence-corrected chi connectivity index (χ1v) is 13.8. The van der Waals surface area contributed by atoms with Gasteiger partial charge in [-0.2, -0.15) is 4.57 Å². The fourth-order valence-electron chi connectivity index (χ4n) is 7.18. The summed E-state index contributed by atoms with van der Waals surface area (Å²) in [5.41, 5.74) is 4.71. The van der Waals surface area contributed by atoms with Gasteiger partial charge in [0.05, 0.1) is 25.6 Å². The maximum Gasteiger partial charge on any atom is 0.213 e. The Bertz CT molecular complexity index is 1420. The summed E-state index contributed by atoms with van der Waals surface area (Å²) in [4.78, 5) is 0. The van der Waals surface area contributed by atoms with Crippen molar-refractivity contribution in [2.45, 2.75) is 38.1 Å². The molecule has 4 heteroatoms. The third-order valence-electron chi connectivity index (χ3n) is 9.15. The first-order chi connectivity index (χ1) is 18.6. The molecule has 3 aliphatic heterocycles. The lowest BCUT2D eigenvalue weighted by Gasteiger charge is -2.58. The number of hydrogen-bond donors (Lipinski definition) is 1. The molecule has 3 aliphatic rings. The van der Waals surface area contributed by atoms with Gasteiger partial charge in [-0.1, -0.05) is 66.7 Å². The number of pyridine rings is 1. The highest BCUT2D eigenvalue weighted by Crippen LogP contribution is 2.48. The Morgan fingerprint density at radius 3 is 2.47 bits per heavy atom. The minimum absolute atomic E-state index is 0.143. The highest BCUT2D eigenvalue weighted by Gasteiger charge is 2.54. The van der Waals surface area contributed by atoms with E-state index >= 15 is 0 Å². The zero-order valence-corrected chi connectivity index (χ0v) is 22.2. The van der Waals surface area contributed by atoms with Crippen molar-refractivity contribution < 1.29 is 18.9 Å². The highest BCUT2D eigenvalue weighted by molar-refractivity contribution is 5.81. The molecule has 0 aliphatic carbocycles. The second-order valence-electron chi connectivity index (χ2n) is 11.2. The van der Waals surface area contributed by atoms with Gasteiger partial charge in [-0.05, 0) is 18.1 Å². The Morgan fingerprint density at radius 1 is 1.03 bits per heavy atom. The van der Waals surface area contributed by atoms with Crippen LogP contribution in [0.4, 0.5) is 0 Å². The van der Waals surface area contributed by atoms with Gasteiger partial charge in [0.1, 0.15) is 24.4 Å². The van der Waals surface area contributed by atoms with Crippen LogP contribution < -0.4 is 9.30 Å². The van der Waals surface area contributed by atoms with Crippen LogP contribution in [0, 0.1) is 11.8 Å². The number of fused-ring (bicyclic) bond motifs is 4. The maximum absolute atomic E-state index is 12.2. The molecule has 3 aromatic carbocycles. The van der Waals surface area contributed by atoms with Crippen molar-refractivity contribution in [2.24, 2.45) is 11.8 Å². The molecule has 2 unspecified atom stereocenters. The van der Waals surface area contributed by atoms with Crippen molar-refractivity contribution in [1.82, 2.24) is 0 Å². The quantitative estimate of drug-likeness (QED) is 0.185. The monoisotopic (exact) mass is 506 g/mol.